The van der Waals surface area contributed by atoms with Gasteiger partial charge in [-0.15, -0.1) is 0 Å². The molecule has 2 aliphatic carbocycles. The summed E-state index contributed by atoms with van der Waals surface area (Å²) in [6.45, 7) is 2.12. The Hall–Kier alpha value is -1.50. The molecule has 130 valence electrons. The molecule has 2 aliphatic rings. The van der Waals surface area contributed by atoms with Gasteiger partial charge in [-0.05, 0) is 82.3 Å². The molecule has 1 aromatic rings. The standard InChI is InChI=1S/C23H32O/c1-18-12-15-21(16-13-19-8-4-2-5-9-19)23(24)22(18)17-14-20-10-6-3-7-11-20/h12-15,24H,2-11,16-17H2,1H3. The third-order valence-corrected chi connectivity index (χ3v) is 5.80. The van der Waals surface area contributed by atoms with Crippen LogP contribution in [0.3, 0.4) is 0 Å². The van der Waals surface area contributed by atoms with Gasteiger partial charge < -0.3 is 5.11 Å². The molecule has 24 heavy (non-hydrogen) atoms. The van der Waals surface area contributed by atoms with Crippen LogP contribution >= 0.6 is 0 Å². The van der Waals surface area contributed by atoms with E-state index in [4.69, 9.17) is 0 Å². The van der Waals surface area contributed by atoms with Crippen LogP contribution in [0.25, 0.3) is 0 Å². The molecule has 3 rings (SSSR count). The van der Waals surface area contributed by atoms with Crippen LogP contribution in [0.5, 0.6) is 5.75 Å². The molecule has 0 spiro atoms. The highest BCUT2D eigenvalue weighted by Crippen LogP contribution is 2.30. The maximum Gasteiger partial charge on any atom is 0.122 e. The Morgan fingerprint density at radius 1 is 0.792 bits per heavy atom. The van der Waals surface area contributed by atoms with E-state index in [-0.39, 0.29) is 0 Å². The maximum atomic E-state index is 10.8. The first-order valence-corrected chi connectivity index (χ1v) is 9.90. The van der Waals surface area contributed by atoms with Crippen LogP contribution in [-0.2, 0) is 12.8 Å². The molecular formula is C23H32O. The van der Waals surface area contributed by atoms with E-state index in [0.717, 1.165) is 24.0 Å². The van der Waals surface area contributed by atoms with Crippen LogP contribution in [0, 0.1) is 6.92 Å². The fraction of sp³-hybridized carbons (Fsp3) is 0.565. The number of hydrogen-bond donors (Lipinski definition) is 1. The molecule has 0 saturated heterocycles. The van der Waals surface area contributed by atoms with E-state index in [1.165, 1.54) is 69.8 Å². The molecular weight excluding hydrogens is 292 g/mol. The average molecular weight is 325 g/mol. The van der Waals surface area contributed by atoms with Gasteiger partial charge in [-0.25, -0.2) is 0 Å². The monoisotopic (exact) mass is 324 g/mol. The second-order valence-corrected chi connectivity index (χ2v) is 7.62. The molecule has 1 heteroatoms. The fourth-order valence-electron chi connectivity index (χ4n) is 4.13. The van der Waals surface area contributed by atoms with Crippen molar-refractivity contribution in [2.24, 2.45) is 0 Å². The predicted molar refractivity (Wildman–Crippen MR) is 103 cm³/mol. The van der Waals surface area contributed by atoms with Gasteiger partial charge in [0.25, 0.3) is 0 Å². The summed E-state index contributed by atoms with van der Waals surface area (Å²) in [7, 11) is 0. The molecule has 1 aromatic carbocycles. The first-order valence-electron chi connectivity index (χ1n) is 9.90. The van der Waals surface area contributed by atoms with Crippen LogP contribution in [0.1, 0.15) is 80.9 Å². The fourth-order valence-corrected chi connectivity index (χ4v) is 4.13. The van der Waals surface area contributed by atoms with Gasteiger partial charge in [0, 0.05) is 5.56 Å². The molecule has 2 saturated carbocycles. The molecule has 2 fully saturated rings. The largest absolute Gasteiger partial charge is 0.507 e. The third kappa shape index (κ3) is 4.53. The lowest BCUT2D eigenvalue weighted by atomic mass is 9.91. The van der Waals surface area contributed by atoms with Gasteiger partial charge in [0.1, 0.15) is 5.75 Å². The topological polar surface area (TPSA) is 20.2 Å². The molecule has 1 nitrogen and oxygen atoms in total. The SMILES string of the molecule is Cc1ccc(CC=C2CCCCC2)c(O)c1CC=C1CCCCC1. The van der Waals surface area contributed by atoms with Crippen LogP contribution in [0.15, 0.2) is 35.4 Å². The Morgan fingerprint density at radius 2 is 1.33 bits per heavy atom. The second-order valence-electron chi connectivity index (χ2n) is 7.62. The van der Waals surface area contributed by atoms with E-state index < -0.39 is 0 Å². The highest BCUT2D eigenvalue weighted by molar-refractivity contribution is 5.47. The van der Waals surface area contributed by atoms with Gasteiger partial charge in [0.15, 0.2) is 0 Å². The summed E-state index contributed by atoms with van der Waals surface area (Å²) >= 11 is 0. The van der Waals surface area contributed by atoms with Crippen molar-refractivity contribution >= 4 is 0 Å². The Bertz CT molecular complexity index is 605. The quantitative estimate of drug-likeness (QED) is 0.621. The van der Waals surface area contributed by atoms with Crippen molar-refractivity contribution in [2.45, 2.75) is 84.0 Å². The van der Waals surface area contributed by atoms with E-state index in [1.807, 2.05) is 0 Å². The summed E-state index contributed by atoms with van der Waals surface area (Å²) in [5.41, 5.74) is 6.62. The number of rotatable bonds is 4. The Labute approximate surface area is 147 Å². The lowest BCUT2D eigenvalue weighted by molar-refractivity contribution is 0.463. The summed E-state index contributed by atoms with van der Waals surface area (Å²) in [4.78, 5) is 0. The molecule has 0 bridgehead atoms. The molecule has 0 radical (unpaired) electrons. The summed E-state index contributed by atoms with van der Waals surface area (Å²) in [6.07, 6.45) is 19.6. The van der Waals surface area contributed by atoms with Gasteiger partial charge in [0.2, 0.25) is 0 Å². The van der Waals surface area contributed by atoms with Crippen molar-refractivity contribution in [3.63, 3.8) is 0 Å². The zero-order valence-corrected chi connectivity index (χ0v) is 15.2. The van der Waals surface area contributed by atoms with Crippen molar-refractivity contribution in [1.82, 2.24) is 0 Å². The second kappa shape index (κ2) is 8.55. The number of phenols is 1. The summed E-state index contributed by atoms with van der Waals surface area (Å²) in [6, 6.07) is 4.30. The van der Waals surface area contributed by atoms with Gasteiger partial charge >= 0.3 is 0 Å². The van der Waals surface area contributed by atoms with Crippen molar-refractivity contribution in [2.75, 3.05) is 0 Å². The first kappa shape index (κ1) is 17.3. The summed E-state index contributed by atoms with van der Waals surface area (Å²) in [5.74, 6) is 0.537. The van der Waals surface area contributed by atoms with Crippen molar-refractivity contribution < 1.29 is 5.11 Å². The first-order chi connectivity index (χ1) is 11.7. The van der Waals surface area contributed by atoms with Crippen LogP contribution < -0.4 is 0 Å². The summed E-state index contributed by atoms with van der Waals surface area (Å²) < 4.78 is 0. The highest BCUT2D eigenvalue weighted by atomic mass is 16.3. The van der Waals surface area contributed by atoms with E-state index >= 15 is 0 Å². The smallest absolute Gasteiger partial charge is 0.122 e. The van der Waals surface area contributed by atoms with E-state index in [9.17, 15) is 5.11 Å². The molecule has 0 heterocycles. The summed E-state index contributed by atoms with van der Waals surface area (Å²) in [5, 5.41) is 10.8. The minimum absolute atomic E-state index is 0.537. The Balaban J connectivity index is 1.72. The van der Waals surface area contributed by atoms with Gasteiger partial charge in [0.05, 0.1) is 0 Å². The third-order valence-electron chi connectivity index (χ3n) is 5.80. The van der Waals surface area contributed by atoms with Gasteiger partial charge in [-0.1, -0.05) is 48.3 Å². The minimum atomic E-state index is 0.537. The molecule has 0 atom stereocenters. The Kier molecular flexibility index (Phi) is 6.18. The van der Waals surface area contributed by atoms with Gasteiger partial charge in [-0.2, -0.15) is 0 Å². The zero-order valence-electron chi connectivity index (χ0n) is 15.2. The lowest BCUT2D eigenvalue weighted by Crippen LogP contribution is -1.98. The molecule has 0 aromatic heterocycles. The average Bonchev–Trinajstić information content (AvgIpc) is 2.63. The lowest BCUT2D eigenvalue weighted by Gasteiger charge is -2.16. The molecule has 0 aliphatic heterocycles. The molecule has 1 N–H and O–H groups in total. The van der Waals surface area contributed by atoms with E-state index in [1.54, 1.807) is 11.1 Å². The van der Waals surface area contributed by atoms with Crippen molar-refractivity contribution in [3.05, 3.63) is 52.1 Å². The number of phenolic OH excluding ortho intramolecular Hbond substituents is 1. The van der Waals surface area contributed by atoms with E-state index in [2.05, 4.69) is 31.2 Å². The number of benzene rings is 1. The van der Waals surface area contributed by atoms with Crippen LogP contribution in [0.2, 0.25) is 0 Å². The molecule has 0 unspecified atom stereocenters. The Morgan fingerprint density at radius 3 is 1.92 bits per heavy atom. The maximum absolute atomic E-state index is 10.8. The van der Waals surface area contributed by atoms with Crippen molar-refractivity contribution in [1.29, 1.82) is 0 Å². The predicted octanol–water partition coefficient (Wildman–Crippen LogP) is 6.57. The molecule has 0 amide bonds. The van der Waals surface area contributed by atoms with E-state index in [0.29, 0.717) is 5.75 Å². The zero-order chi connectivity index (χ0) is 16.8. The normalized spacial score (nSPS) is 18.5. The number of aryl methyl sites for hydroxylation is 1. The highest BCUT2D eigenvalue weighted by Gasteiger charge is 2.11. The minimum Gasteiger partial charge on any atom is -0.507 e. The number of aromatic hydroxyl groups is 1. The number of hydrogen-bond acceptors (Lipinski definition) is 1. The van der Waals surface area contributed by atoms with Gasteiger partial charge in [-0.3, -0.25) is 0 Å². The van der Waals surface area contributed by atoms with Crippen LogP contribution in [-0.4, -0.2) is 5.11 Å². The number of allylic oxidation sites excluding steroid dienone is 4. The van der Waals surface area contributed by atoms with Crippen LogP contribution in [0.4, 0.5) is 0 Å². The van der Waals surface area contributed by atoms with Crippen molar-refractivity contribution in [3.8, 4) is 5.75 Å².